The molecule has 7 heteroatoms. The van der Waals surface area contributed by atoms with Gasteiger partial charge in [0.1, 0.15) is 12.4 Å². The van der Waals surface area contributed by atoms with Gasteiger partial charge in [-0.15, -0.1) is 0 Å². The maximum absolute atomic E-state index is 12.5. The molecule has 3 N–H and O–H groups in total. The molecule has 4 saturated carbocycles. The predicted octanol–water partition coefficient (Wildman–Crippen LogP) is 4.38. The number of rotatable bonds is 6. The summed E-state index contributed by atoms with van der Waals surface area (Å²) < 4.78 is 10.8. The molecule has 0 amide bonds. The second-order valence-electron chi connectivity index (χ2n) is 13.3. The van der Waals surface area contributed by atoms with E-state index in [-0.39, 0.29) is 35.2 Å². The van der Waals surface area contributed by atoms with Crippen molar-refractivity contribution in [1.82, 2.24) is 0 Å². The molecule has 7 nitrogen and oxygen atoms in total. The highest BCUT2D eigenvalue weighted by Crippen LogP contribution is 2.70. The van der Waals surface area contributed by atoms with Gasteiger partial charge in [-0.3, -0.25) is 4.99 Å². The maximum Gasteiger partial charge on any atom is 0.331 e. The molecule has 1 aromatic rings. The molecular weight excluding hydrogens is 482 g/mol. The van der Waals surface area contributed by atoms with Crippen molar-refractivity contribution in [3.05, 3.63) is 35.8 Å². The summed E-state index contributed by atoms with van der Waals surface area (Å²) in [6.45, 7) is 4.67. The Balaban J connectivity index is 1.30. The fourth-order valence-corrected chi connectivity index (χ4v) is 9.50. The highest BCUT2D eigenvalue weighted by atomic mass is 16.5. The third-order valence-corrected chi connectivity index (χ3v) is 11.6. The minimum atomic E-state index is -1.02. The fourth-order valence-electron chi connectivity index (χ4n) is 9.50. The molecule has 4 aliphatic carbocycles. The summed E-state index contributed by atoms with van der Waals surface area (Å²) in [7, 11) is 0. The molecule has 1 aliphatic heterocycles. The molecule has 0 bridgehead atoms. The van der Waals surface area contributed by atoms with Gasteiger partial charge >= 0.3 is 5.97 Å². The van der Waals surface area contributed by atoms with E-state index in [0.717, 1.165) is 49.9 Å². The van der Waals surface area contributed by atoms with Crippen LogP contribution in [0.15, 0.2) is 39.5 Å². The summed E-state index contributed by atoms with van der Waals surface area (Å²) in [4.78, 5) is 16.9. The van der Waals surface area contributed by atoms with Crippen molar-refractivity contribution in [2.75, 3.05) is 6.61 Å². The van der Waals surface area contributed by atoms with Crippen molar-refractivity contribution in [2.45, 2.75) is 108 Å². The lowest BCUT2D eigenvalue weighted by Gasteiger charge is -2.65. The van der Waals surface area contributed by atoms with Crippen LogP contribution in [0.4, 0.5) is 0 Å². The van der Waals surface area contributed by atoms with E-state index in [2.05, 4.69) is 20.1 Å². The molecule has 5 aliphatic rings. The van der Waals surface area contributed by atoms with E-state index in [1.807, 2.05) is 12.1 Å². The lowest BCUT2D eigenvalue weighted by atomic mass is 9.41. The van der Waals surface area contributed by atoms with Crippen LogP contribution in [0.3, 0.4) is 0 Å². The highest BCUT2D eigenvalue weighted by Gasteiger charge is 2.71. The third-order valence-electron chi connectivity index (χ3n) is 11.6. The van der Waals surface area contributed by atoms with Crippen molar-refractivity contribution < 1.29 is 29.3 Å². The molecule has 4 fully saturated rings. The summed E-state index contributed by atoms with van der Waals surface area (Å²) in [5.41, 5.74) is -1.74. The van der Waals surface area contributed by atoms with Crippen LogP contribution in [0.25, 0.3) is 0 Å². The van der Waals surface area contributed by atoms with Gasteiger partial charge < -0.3 is 24.5 Å². The van der Waals surface area contributed by atoms with E-state index in [4.69, 9.17) is 14.1 Å². The number of aliphatic hydroxyl groups excluding tert-OH is 1. The number of aliphatic imine (C=N–C) groups is 1. The molecule has 0 spiro atoms. The molecule has 38 heavy (non-hydrogen) atoms. The standard InChI is InChI=1S/C31H43NO6/c1-20(5-6-23-4-3-15-37-23)32-19-29-12-7-22(33)17-30(29,35)13-9-26-25(29)8-11-28(2)24(10-14-31(26,28)36)21-16-27(34)38-18-21/h3-4,15-16,19-20,22,24-26,33,35-36H,5-14,17-18H2,1-2H3/t20?,22?,24?,25-,26?,28?,29?,30?,31?/m0/s1. The number of carbonyl (C=O) groups is 1. The summed E-state index contributed by atoms with van der Waals surface area (Å²) in [5.74, 6) is 0.967. The Morgan fingerprint density at radius 3 is 2.68 bits per heavy atom. The Kier molecular flexibility index (Phi) is 6.44. The van der Waals surface area contributed by atoms with Gasteiger partial charge in [0.2, 0.25) is 0 Å². The molecule has 9 atom stereocenters. The van der Waals surface area contributed by atoms with Crippen LogP contribution < -0.4 is 0 Å². The van der Waals surface area contributed by atoms with Gasteiger partial charge in [0.25, 0.3) is 0 Å². The number of nitrogens with zero attached hydrogens (tertiary/aromatic N) is 1. The molecule has 6 rings (SSSR count). The van der Waals surface area contributed by atoms with Gasteiger partial charge in [-0.1, -0.05) is 6.92 Å². The smallest absolute Gasteiger partial charge is 0.331 e. The van der Waals surface area contributed by atoms with E-state index < -0.39 is 22.7 Å². The van der Waals surface area contributed by atoms with Crippen LogP contribution in [-0.4, -0.2) is 57.5 Å². The van der Waals surface area contributed by atoms with Crippen molar-refractivity contribution in [2.24, 2.45) is 33.6 Å². The number of cyclic esters (lactones) is 1. The molecular formula is C31H43NO6. The summed E-state index contributed by atoms with van der Waals surface area (Å²) in [5, 5.41) is 35.3. The number of hydrogen-bond acceptors (Lipinski definition) is 7. The Bertz CT molecular complexity index is 1110. The number of furan rings is 1. The van der Waals surface area contributed by atoms with Gasteiger partial charge in [-0.2, -0.15) is 0 Å². The number of hydrogen-bond donors (Lipinski definition) is 3. The number of aliphatic hydroxyl groups is 3. The zero-order chi connectivity index (χ0) is 26.8. The lowest BCUT2D eigenvalue weighted by molar-refractivity contribution is -0.237. The largest absolute Gasteiger partial charge is 0.469 e. The molecule has 8 unspecified atom stereocenters. The Morgan fingerprint density at radius 2 is 1.95 bits per heavy atom. The Labute approximate surface area is 225 Å². The van der Waals surface area contributed by atoms with Crippen molar-refractivity contribution in [3.63, 3.8) is 0 Å². The van der Waals surface area contributed by atoms with E-state index in [9.17, 15) is 20.1 Å². The van der Waals surface area contributed by atoms with E-state index in [0.29, 0.717) is 38.7 Å². The second kappa shape index (κ2) is 9.31. The molecule has 0 aromatic carbocycles. The normalized spacial score (nSPS) is 45.3. The van der Waals surface area contributed by atoms with E-state index in [1.165, 1.54) is 0 Å². The lowest BCUT2D eigenvalue weighted by Crippen LogP contribution is -2.68. The van der Waals surface area contributed by atoms with Crippen LogP contribution >= 0.6 is 0 Å². The van der Waals surface area contributed by atoms with Crippen LogP contribution in [-0.2, 0) is 16.0 Å². The maximum atomic E-state index is 12.5. The van der Waals surface area contributed by atoms with Gasteiger partial charge in [0.15, 0.2) is 0 Å². The molecule has 1 aromatic heterocycles. The van der Waals surface area contributed by atoms with Crippen molar-refractivity contribution >= 4 is 12.2 Å². The summed E-state index contributed by atoms with van der Waals surface area (Å²) >= 11 is 0. The van der Waals surface area contributed by atoms with Crippen LogP contribution in [0.2, 0.25) is 0 Å². The zero-order valence-corrected chi connectivity index (χ0v) is 22.8. The van der Waals surface area contributed by atoms with Crippen molar-refractivity contribution in [3.8, 4) is 0 Å². The quantitative estimate of drug-likeness (QED) is 0.375. The van der Waals surface area contributed by atoms with Gasteiger partial charge in [0, 0.05) is 42.0 Å². The minimum absolute atomic E-state index is 0.0465. The predicted molar refractivity (Wildman–Crippen MR) is 142 cm³/mol. The van der Waals surface area contributed by atoms with E-state index >= 15 is 0 Å². The average molecular weight is 526 g/mol. The number of esters is 1. The van der Waals surface area contributed by atoms with Gasteiger partial charge in [-0.05, 0) is 100 Å². The monoisotopic (exact) mass is 525 g/mol. The molecule has 208 valence electrons. The van der Waals surface area contributed by atoms with Crippen molar-refractivity contribution in [1.29, 1.82) is 0 Å². The SMILES string of the molecule is CC(CCc1ccco1)N=CC12CCC(O)CC1(O)CCC1[C@@H]2CCC2(C)C(C3=CC(=O)OC3)CCC12O. The fraction of sp³-hybridized carbons (Fsp3) is 0.742. The molecule has 0 radical (unpaired) electrons. The number of aryl methyl sites for hydroxylation is 1. The van der Waals surface area contributed by atoms with Crippen LogP contribution in [0, 0.1) is 28.6 Å². The first kappa shape index (κ1) is 26.3. The van der Waals surface area contributed by atoms with Crippen LogP contribution in [0.1, 0.15) is 83.8 Å². The first-order valence-corrected chi connectivity index (χ1v) is 14.7. The highest BCUT2D eigenvalue weighted by molar-refractivity contribution is 5.85. The number of carbonyl (C=O) groups excluding carboxylic acids is 1. The Hall–Kier alpha value is -1.96. The first-order chi connectivity index (χ1) is 18.1. The minimum Gasteiger partial charge on any atom is -0.469 e. The van der Waals surface area contributed by atoms with Crippen LogP contribution in [0.5, 0.6) is 0 Å². The number of fused-ring (bicyclic) bond motifs is 5. The Morgan fingerprint density at radius 1 is 1.13 bits per heavy atom. The van der Waals surface area contributed by atoms with Gasteiger partial charge in [-0.25, -0.2) is 4.79 Å². The average Bonchev–Trinajstić information content (AvgIpc) is 3.61. The summed E-state index contributed by atoms with van der Waals surface area (Å²) in [6.07, 6.45) is 12.9. The zero-order valence-electron chi connectivity index (χ0n) is 22.8. The van der Waals surface area contributed by atoms with Gasteiger partial charge in [0.05, 0.1) is 23.6 Å². The number of ether oxygens (including phenoxy) is 1. The first-order valence-electron chi connectivity index (χ1n) is 14.7. The topological polar surface area (TPSA) is 112 Å². The molecule has 0 saturated heterocycles. The summed E-state index contributed by atoms with van der Waals surface area (Å²) in [6, 6.07) is 3.96. The third kappa shape index (κ3) is 3.87. The molecule has 2 heterocycles. The van der Waals surface area contributed by atoms with E-state index in [1.54, 1.807) is 12.3 Å². The second-order valence-corrected chi connectivity index (χ2v) is 13.3.